The first-order valence-electron chi connectivity index (χ1n) is 14.8. The predicted molar refractivity (Wildman–Crippen MR) is 169 cm³/mol. The van der Waals surface area contributed by atoms with E-state index in [0.29, 0.717) is 38.8 Å². The number of para-hydroxylation sites is 1. The van der Waals surface area contributed by atoms with Crippen molar-refractivity contribution in [3.8, 4) is 22.5 Å². The quantitative estimate of drug-likeness (QED) is 0.202. The molecule has 5 aromatic rings. The number of hydrogen-bond donors (Lipinski definition) is 0. The van der Waals surface area contributed by atoms with Crippen LogP contribution in [0.15, 0.2) is 83.3 Å². The summed E-state index contributed by atoms with van der Waals surface area (Å²) in [6.07, 6.45) is 6.24. The fourth-order valence-electron chi connectivity index (χ4n) is 6.71. The van der Waals surface area contributed by atoms with Gasteiger partial charge < -0.3 is 14.2 Å². The second-order valence-corrected chi connectivity index (χ2v) is 12.2. The number of aromatic nitrogens is 2. The molecule has 1 amide bonds. The van der Waals surface area contributed by atoms with Gasteiger partial charge in [0.05, 0.1) is 30.1 Å². The molecule has 1 saturated carbocycles. The molecule has 0 spiro atoms. The number of benzene rings is 3. The molecular weight excluding hydrogens is 574 g/mol. The van der Waals surface area contributed by atoms with Gasteiger partial charge in [0, 0.05) is 39.4 Å². The van der Waals surface area contributed by atoms with Gasteiger partial charge in [-0.15, -0.1) is 0 Å². The molecule has 7 rings (SSSR count). The van der Waals surface area contributed by atoms with Crippen LogP contribution in [0.2, 0.25) is 0 Å². The average Bonchev–Trinajstić information content (AvgIpc) is 3.35. The molecule has 2 aliphatic rings. The zero-order valence-corrected chi connectivity index (χ0v) is 24.8. The highest BCUT2D eigenvalue weighted by atomic mass is 79.9. The molecule has 2 fully saturated rings. The van der Waals surface area contributed by atoms with Crippen molar-refractivity contribution in [1.82, 2.24) is 14.5 Å². The lowest BCUT2D eigenvalue weighted by Crippen LogP contribution is -2.42. The molecule has 3 aromatic carbocycles. The first kappa shape index (κ1) is 26.4. The van der Waals surface area contributed by atoms with Gasteiger partial charge in [0.2, 0.25) is 5.91 Å². The topological polar surface area (TPSA) is 47.4 Å². The van der Waals surface area contributed by atoms with E-state index in [-0.39, 0.29) is 5.91 Å². The van der Waals surface area contributed by atoms with E-state index in [9.17, 15) is 4.79 Å². The first-order chi connectivity index (χ1) is 20.2. The minimum absolute atomic E-state index is 0.161. The molecule has 1 aliphatic heterocycles. The summed E-state index contributed by atoms with van der Waals surface area (Å²) in [7, 11) is 0. The number of nitrogens with zero attached hydrogens (tertiary/aromatic N) is 3. The van der Waals surface area contributed by atoms with Crippen LogP contribution in [0.25, 0.3) is 44.3 Å². The van der Waals surface area contributed by atoms with Crippen molar-refractivity contribution in [2.24, 2.45) is 0 Å². The maximum absolute atomic E-state index is 13.6. The van der Waals surface area contributed by atoms with Gasteiger partial charge in [0.1, 0.15) is 6.54 Å². The van der Waals surface area contributed by atoms with Crippen molar-refractivity contribution < 1.29 is 9.53 Å². The third-order valence-electron chi connectivity index (χ3n) is 8.79. The predicted octanol–water partition coefficient (Wildman–Crippen LogP) is 8.19. The lowest BCUT2D eigenvalue weighted by molar-refractivity contribution is -0.135. The lowest BCUT2D eigenvalue weighted by atomic mass is 9.82. The summed E-state index contributed by atoms with van der Waals surface area (Å²) < 4.78 is 8.86. The Morgan fingerprint density at radius 3 is 2.44 bits per heavy atom. The SMILES string of the molecule is O=C(Cn1c(-c2ccc(-c3ccc4cc(Br)ccc4n3)cc2)c(C2CCCCC2)c2ccccc21)N1CCOCC1. The molecule has 5 nitrogen and oxygen atoms in total. The number of carbonyl (C=O) groups excluding carboxylic acids is 1. The van der Waals surface area contributed by atoms with E-state index in [2.05, 4.69) is 93.3 Å². The van der Waals surface area contributed by atoms with Gasteiger partial charge in [-0.1, -0.05) is 83.7 Å². The van der Waals surface area contributed by atoms with E-state index in [1.54, 1.807) is 0 Å². The molecule has 0 radical (unpaired) electrons. The normalized spacial score (nSPS) is 16.5. The van der Waals surface area contributed by atoms with Crippen LogP contribution >= 0.6 is 15.9 Å². The van der Waals surface area contributed by atoms with Gasteiger partial charge in [-0.25, -0.2) is 4.98 Å². The minimum Gasteiger partial charge on any atom is -0.378 e. The minimum atomic E-state index is 0.161. The van der Waals surface area contributed by atoms with Crippen LogP contribution in [0.5, 0.6) is 0 Å². The van der Waals surface area contributed by atoms with Gasteiger partial charge in [-0.2, -0.15) is 0 Å². The Morgan fingerprint density at radius 2 is 1.63 bits per heavy atom. The Kier molecular flexibility index (Phi) is 7.36. The molecule has 1 aliphatic carbocycles. The van der Waals surface area contributed by atoms with Gasteiger partial charge in [0.15, 0.2) is 0 Å². The van der Waals surface area contributed by atoms with Gasteiger partial charge >= 0.3 is 0 Å². The van der Waals surface area contributed by atoms with Crippen LogP contribution < -0.4 is 0 Å². The maximum Gasteiger partial charge on any atom is 0.242 e. The molecule has 3 heterocycles. The number of amides is 1. The highest BCUT2D eigenvalue weighted by Gasteiger charge is 2.28. The molecule has 1 saturated heterocycles. The summed E-state index contributed by atoms with van der Waals surface area (Å²) in [6, 6.07) is 27.9. The number of morpholine rings is 1. The van der Waals surface area contributed by atoms with Crippen molar-refractivity contribution in [3.63, 3.8) is 0 Å². The number of rotatable bonds is 5. The Balaban J connectivity index is 1.32. The summed E-state index contributed by atoms with van der Waals surface area (Å²) in [5.41, 5.74) is 7.95. The fraction of sp³-hybridized carbons (Fsp3) is 0.314. The third-order valence-corrected chi connectivity index (χ3v) is 9.28. The van der Waals surface area contributed by atoms with Crippen LogP contribution in [-0.2, 0) is 16.1 Å². The van der Waals surface area contributed by atoms with Crippen molar-refractivity contribution in [1.29, 1.82) is 0 Å². The smallest absolute Gasteiger partial charge is 0.242 e. The van der Waals surface area contributed by atoms with E-state index in [1.165, 1.54) is 48.7 Å². The number of fused-ring (bicyclic) bond motifs is 2. The molecule has 208 valence electrons. The second-order valence-electron chi connectivity index (χ2n) is 11.3. The van der Waals surface area contributed by atoms with Crippen LogP contribution in [0.1, 0.15) is 43.6 Å². The summed E-state index contributed by atoms with van der Waals surface area (Å²) in [5.74, 6) is 0.665. The largest absolute Gasteiger partial charge is 0.378 e. The number of halogens is 1. The van der Waals surface area contributed by atoms with Crippen LogP contribution in [-0.4, -0.2) is 46.7 Å². The summed E-state index contributed by atoms with van der Waals surface area (Å²) in [6.45, 7) is 2.88. The van der Waals surface area contributed by atoms with Gasteiger partial charge in [0.25, 0.3) is 0 Å². The second kappa shape index (κ2) is 11.4. The maximum atomic E-state index is 13.6. The third kappa shape index (κ3) is 5.20. The summed E-state index contributed by atoms with van der Waals surface area (Å²) >= 11 is 3.56. The molecule has 0 atom stereocenters. The standard InChI is InChI=1S/C35H34BrN3O2/c36-28-15-17-31-27(22-28)14-16-30(37-31)24-10-12-26(13-11-24)35-34(25-6-2-1-3-7-25)29-8-4-5-9-32(29)39(35)23-33(40)38-18-20-41-21-19-38/h4-5,8-17,22,25H,1-3,6-7,18-21,23H2. The molecular formula is C35H34BrN3O2. The van der Waals surface area contributed by atoms with Gasteiger partial charge in [-0.3, -0.25) is 4.79 Å². The molecule has 0 bridgehead atoms. The van der Waals surface area contributed by atoms with E-state index in [1.807, 2.05) is 11.0 Å². The Labute approximate surface area is 249 Å². The highest BCUT2D eigenvalue weighted by Crippen LogP contribution is 2.44. The van der Waals surface area contributed by atoms with Crippen molar-refractivity contribution >= 4 is 43.6 Å². The highest BCUT2D eigenvalue weighted by molar-refractivity contribution is 9.10. The number of pyridine rings is 1. The van der Waals surface area contributed by atoms with Crippen LogP contribution in [0, 0.1) is 0 Å². The van der Waals surface area contributed by atoms with Crippen molar-refractivity contribution in [2.75, 3.05) is 26.3 Å². The molecule has 0 N–H and O–H groups in total. The van der Waals surface area contributed by atoms with E-state index < -0.39 is 0 Å². The monoisotopic (exact) mass is 607 g/mol. The number of hydrogen-bond acceptors (Lipinski definition) is 3. The van der Waals surface area contributed by atoms with Crippen LogP contribution in [0.3, 0.4) is 0 Å². The van der Waals surface area contributed by atoms with E-state index in [0.717, 1.165) is 37.7 Å². The number of ether oxygens (including phenoxy) is 1. The van der Waals surface area contributed by atoms with E-state index >= 15 is 0 Å². The van der Waals surface area contributed by atoms with Crippen LogP contribution in [0.4, 0.5) is 0 Å². The molecule has 0 unspecified atom stereocenters. The summed E-state index contributed by atoms with van der Waals surface area (Å²) in [4.78, 5) is 20.5. The fourth-order valence-corrected chi connectivity index (χ4v) is 7.09. The Bertz CT molecular complexity index is 1710. The Hall–Kier alpha value is -3.48. The van der Waals surface area contributed by atoms with Gasteiger partial charge in [-0.05, 0) is 60.2 Å². The first-order valence-corrected chi connectivity index (χ1v) is 15.6. The number of carbonyl (C=O) groups is 1. The molecule has 2 aromatic heterocycles. The summed E-state index contributed by atoms with van der Waals surface area (Å²) in [5, 5.41) is 2.40. The molecule has 6 heteroatoms. The lowest BCUT2D eigenvalue weighted by Gasteiger charge is -2.28. The van der Waals surface area contributed by atoms with Crippen molar-refractivity contribution in [2.45, 2.75) is 44.6 Å². The zero-order valence-electron chi connectivity index (χ0n) is 23.2. The average molecular weight is 609 g/mol. The van der Waals surface area contributed by atoms with Crippen molar-refractivity contribution in [3.05, 3.63) is 88.9 Å². The zero-order chi connectivity index (χ0) is 27.8. The molecule has 41 heavy (non-hydrogen) atoms. The Morgan fingerprint density at radius 1 is 0.878 bits per heavy atom. The van der Waals surface area contributed by atoms with E-state index in [4.69, 9.17) is 9.72 Å².